The molecule has 0 atom stereocenters. The molecule has 5 rings (SSSR count). The molecular weight excluding hydrogens is 534 g/mol. The highest BCUT2D eigenvalue weighted by molar-refractivity contribution is 7.99. The van der Waals surface area contributed by atoms with Crippen molar-refractivity contribution in [2.24, 2.45) is 5.10 Å². The number of ether oxygens (including phenoxy) is 2. The maximum atomic E-state index is 12.6. The van der Waals surface area contributed by atoms with Gasteiger partial charge in [-0.3, -0.25) is 9.36 Å². The minimum atomic E-state index is -0.260. The summed E-state index contributed by atoms with van der Waals surface area (Å²) in [6, 6.07) is 33.2. The van der Waals surface area contributed by atoms with Crippen molar-refractivity contribution in [3.8, 4) is 28.6 Å². The van der Waals surface area contributed by atoms with Crippen LogP contribution in [0.15, 0.2) is 113 Å². The summed E-state index contributed by atoms with van der Waals surface area (Å²) in [7, 11) is 1.63. The SMILES string of the molecule is COc1ccc(-n2c(SCC(=O)N/N=C\c3cccc(OCc4ccccc4)c3)nnc2-c2ccc(C)cc2)cc1. The molecule has 0 fully saturated rings. The molecule has 1 heterocycles. The van der Waals surface area contributed by atoms with E-state index in [0.717, 1.165) is 39.4 Å². The van der Waals surface area contributed by atoms with E-state index in [1.165, 1.54) is 11.8 Å². The molecule has 0 saturated heterocycles. The van der Waals surface area contributed by atoms with Gasteiger partial charge in [-0.15, -0.1) is 10.2 Å². The molecular formula is C32H29N5O3S. The lowest BCUT2D eigenvalue weighted by atomic mass is 10.1. The fraction of sp³-hybridized carbons (Fsp3) is 0.125. The first kappa shape index (κ1) is 27.7. The maximum Gasteiger partial charge on any atom is 0.250 e. The summed E-state index contributed by atoms with van der Waals surface area (Å²) in [4.78, 5) is 12.6. The zero-order chi connectivity index (χ0) is 28.4. The average molecular weight is 564 g/mol. The molecule has 0 aliphatic rings. The Morgan fingerprint density at radius 2 is 1.71 bits per heavy atom. The molecule has 206 valence electrons. The van der Waals surface area contributed by atoms with Gasteiger partial charge in [0.2, 0.25) is 0 Å². The third kappa shape index (κ3) is 7.40. The number of carbonyl (C=O) groups is 1. The standard InChI is InChI=1S/C32H29N5O3S/c1-23-11-13-26(14-12-23)31-35-36-32(37(31)27-15-17-28(39-2)18-16-27)41-22-30(38)34-33-20-25-9-6-10-29(19-25)40-21-24-7-4-3-5-8-24/h3-20H,21-22H2,1-2H3,(H,34,38)/b33-20-. The Morgan fingerprint density at radius 3 is 2.46 bits per heavy atom. The van der Waals surface area contributed by atoms with Crippen LogP contribution in [0.25, 0.3) is 17.1 Å². The van der Waals surface area contributed by atoms with Gasteiger partial charge in [0, 0.05) is 11.3 Å². The molecule has 41 heavy (non-hydrogen) atoms. The van der Waals surface area contributed by atoms with Crippen LogP contribution < -0.4 is 14.9 Å². The first-order valence-corrected chi connectivity index (χ1v) is 14.0. The molecule has 0 spiro atoms. The summed E-state index contributed by atoms with van der Waals surface area (Å²) in [6.45, 7) is 2.51. The fourth-order valence-corrected chi connectivity index (χ4v) is 4.73. The largest absolute Gasteiger partial charge is 0.497 e. The van der Waals surface area contributed by atoms with Gasteiger partial charge < -0.3 is 9.47 Å². The van der Waals surface area contributed by atoms with E-state index in [0.29, 0.717) is 17.6 Å². The quantitative estimate of drug-likeness (QED) is 0.119. The molecule has 0 radical (unpaired) electrons. The first-order chi connectivity index (χ1) is 20.1. The van der Waals surface area contributed by atoms with Crippen molar-refractivity contribution in [3.05, 3.63) is 120 Å². The summed E-state index contributed by atoms with van der Waals surface area (Å²) in [5.74, 6) is 2.01. The van der Waals surface area contributed by atoms with Gasteiger partial charge in [0.1, 0.15) is 18.1 Å². The van der Waals surface area contributed by atoms with Crippen LogP contribution in [-0.2, 0) is 11.4 Å². The second-order valence-corrected chi connectivity index (χ2v) is 10.1. The molecule has 5 aromatic rings. The lowest BCUT2D eigenvalue weighted by Crippen LogP contribution is -2.20. The van der Waals surface area contributed by atoms with Crippen LogP contribution in [-0.4, -0.2) is 39.7 Å². The van der Waals surface area contributed by atoms with E-state index < -0.39 is 0 Å². The summed E-state index contributed by atoms with van der Waals surface area (Å²) in [5, 5.41) is 13.6. The summed E-state index contributed by atoms with van der Waals surface area (Å²) in [5.41, 5.74) is 7.43. The topological polar surface area (TPSA) is 90.6 Å². The van der Waals surface area contributed by atoms with Crippen LogP contribution in [0.2, 0.25) is 0 Å². The van der Waals surface area contributed by atoms with Gasteiger partial charge in [0.25, 0.3) is 5.91 Å². The van der Waals surface area contributed by atoms with Crippen LogP contribution >= 0.6 is 11.8 Å². The van der Waals surface area contributed by atoms with Crippen LogP contribution in [0.1, 0.15) is 16.7 Å². The van der Waals surface area contributed by atoms with Crippen LogP contribution in [0.3, 0.4) is 0 Å². The Balaban J connectivity index is 1.23. The van der Waals surface area contributed by atoms with Crippen LogP contribution in [0.4, 0.5) is 0 Å². The first-order valence-electron chi connectivity index (χ1n) is 13.0. The third-order valence-electron chi connectivity index (χ3n) is 6.12. The van der Waals surface area contributed by atoms with E-state index >= 15 is 0 Å². The number of aromatic nitrogens is 3. The zero-order valence-electron chi connectivity index (χ0n) is 22.7. The number of methoxy groups -OCH3 is 1. The molecule has 1 aromatic heterocycles. The molecule has 0 aliphatic carbocycles. The van der Waals surface area contributed by atoms with E-state index in [2.05, 4.69) is 20.7 Å². The van der Waals surface area contributed by atoms with Crippen molar-refractivity contribution in [2.75, 3.05) is 12.9 Å². The van der Waals surface area contributed by atoms with E-state index in [9.17, 15) is 4.79 Å². The number of benzene rings is 4. The van der Waals surface area contributed by atoms with Gasteiger partial charge in [0.15, 0.2) is 11.0 Å². The van der Waals surface area contributed by atoms with Crippen molar-refractivity contribution < 1.29 is 14.3 Å². The van der Waals surface area contributed by atoms with Crippen molar-refractivity contribution in [3.63, 3.8) is 0 Å². The lowest BCUT2D eigenvalue weighted by molar-refractivity contribution is -0.118. The zero-order valence-corrected chi connectivity index (χ0v) is 23.5. The number of nitrogens with one attached hydrogen (secondary N) is 1. The summed E-state index contributed by atoms with van der Waals surface area (Å²) >= 11 is 1.28. The number of hydrogen-bond acceptors (Lipinski definition) is 7. The molecule has 1 amide bonds. The Labute approximate surface area is 243 Å². The molecule has 4 aromatic carbocycles. The molecule has 9 heteroatoms. The predicted octanol–water partition coefficient (Wildman–Crippen LogP) is 6.07. The molecule has 0 bridgehead atoms. The second-order valence-electron chi connectivity index (χ2n) is 9.13. The normalized spacial score (nSPS) is 11.0. The van der Waals surface area contributed by atoms with Gasteiger partial charge >= 0.3 is 0 Å². The Kier molecular flexibility index (Phi) is 9.08. The smallest absolute Gasteiger partial charge is 0.250 e. The third-order valence-corrected chi connectivity index (χ3v) is 7.04. The number of amides is 1. The van der Waals surface area contributed by atoms with Gasteiger partial charge in [-0.05, 0) is 54.4 Å². The molecule has 0 unspecified atom stereocenters. The lowest BCUT2D eigenvalue weighted by Gasteiger charge is -2.11. The number of rotatable bonds is 11. The number of hydrazone groups is 1. The molecule has 8 nitrogen and oxygen atoms in total. The minimum Gasteiger partial charge on any atom is -0.497 e. The molecule has 0 saturated carbocycles. The van der Waals surface area contributed by atoms with Crippen molar-refractivity contribution in [1.29, 1.82) is 0 Å². The summed E-state index contributed by atoms with van der Waals surface area (Å²) in [6.07, 6.45) is 1.59. The Hall–Kier alpha value is -4.89. The average Bonchev–Trinajstić information content (AvgIpc) is 3.44. The number of thioether (sulfide) groups is 1. The molecule has 0 aliphatic heterocycles. The minimum absolute atomic E-state index is 0.111. The van der Waals surface area contributed by atoms with Gasteiger partial charge in [-0.25, -0.2) is 5.43 Å². The van der Waals surface area contributed by atoms with Gasteiger partial charge in [-0.1, -0.05) is 84.1 Å². The van der Waals surface area contributed by atoms with E-state index in [4.69, 9.17) is 9.47 Å². The van der Waals surface area contributed by atoms with Crippen LogP contribution in [0.5, 0.6) is 11.5 Å². The fourth-order valence-electron chi connectivity index (χ4n) is 3.98. The number of nitrogens with zero attached hydrogens (tertiary/aromatic N) is 4. The van der Waals surface area contributed by atoms with E-state index in [1.807, 2.05) is 115 Å². The highest BCUT2D eigenvalue weighted by Gasteiger charge is 2.17. The predicted molar refractivity (Wildman–Crippen MR) is 162 cm³/mol. The van der Waals surface area contributed by atoms with Crippen molar-refractivity contribution >= 4 is 23.9 Å². The number of aryl methyl sites for hydroxylation is 1. The van der Waals surface area contributed by atoms with E-state index in [1.54, 1.807) is 13.3 Å². The second kappa shape index (κ2) is 13.5. The monoisotopic (exact) mass is 563 g/mol. The Bertz CT molecular complexity index is 1620. The summed E-state index contributed by atoms with van der Waals surface area (Å²) < 4.78 is 13.1. The highest BCUT2D eigenvalue weighted by Crippen LogP contribution is 2.29. The van der Waals surface area contributed by atoms with Crippen molar-refractivity contribution in [1.82, 2.24) is 20.2 Å². The van der Waals surface area contributed by atoms with Crippen LogP contribution in [0, 0.1) is 6.92 Å². The Morgan fingerprint density at radius 1 is 0.927 bits per heavy atom. The number of carbonyl (C=O) groups excluding carboxylic acids is 1. The van der Waals surface area contributed by atoms with E-state index in [-0.39, 0.29) is 11.7 Å². The van der Waals surface area contributed by atoms with Gasteiger partial charge in [0.05, 0.1) is 19.1 Å². The number of hydrogen-bond donors (Lipinski definition) is 1. The molecule has 1 N–H and O–H groups in total. The maximum absolute atomic E-state index is 12.6. The van der Waals surface area contributed by atoms with Gasteiger partial charge in [-0.2, -0.15) is 5.10 Å². The van der Waals surface area contributed by atoms with Crippen molar-refractivity contribution in [2.45, 2.75) is 18.7 Å². The highest BCUT2D eigenvalue weighted by atomic mass is 32.2.